The van der Waals surface area contributed by atoms with Crippen LogP contribution in [0.15, 0.2) is 42.5 Å². The van der Waals surface area contributed by atoms with Gasteiger partial charge in [-0.05, 0) is 67.6 Å². The van der Waals surface area contributed by atoms with E-state index < -0.39 is 0 Å². The SMILES string of the molecule is Clc1ccc(CNc2nc(N3CC(C4CCCNC4)C3)nc3ccccc23)c(Cl)c1. The van der Waals surface area contributed by atoms with Crippen LogP contribution in [-0.2, 0) is 6.54 Å². The maximum Gasteiger partial charge on any atom is 0.227 e. The lowest BCUT2D eigenvalue weighted by molar-refractivity contribution is 0.222. The minimum absolute atomic E-state index is 0.576. The lowest BCUT2D eigenvalue weighted by Gasteiger charge is -2.44. The molecule has 1 aromatic heterocycles. The van der Waals surface area contributed by atoms with Crippen LogP contribution in [0.2, 0.25) is 10.0 Å². The number of rotatable bonds is 5. The van der Waals surface area contributed by atoms with E-state index in [-0.39, 0.29) is 0 Å². The molecule has 1 atom stereocenters. The third-order valence-electron chi connectivity index (χ3n) is 6.25. The monoisotopic (exact) mass is 441 g/mol. The van der Waals surface area contributed by atoms with Crippen LogP contribution in [0, 0.1) is 11.8 Å². The van der Waals surface area contributed by atoms with Gasteiger partial charge in [-0.2, -0.15) is 4.98 Å². The summed E-state index contributed by atoms with van der Waals surface area (Å²) < 4.78 is 0. The zero-order valence-corrected chi connectivity index (χ0v) is 18.3. The molecule has 156 valence electrons. The number of nitrogens with one attached hydrogen (secondary N) is 2. The molecule has 0 bridgehead atoms. The molecule has 7 heteroatoms. The average molecular weight is 442 g/mol. The second-order valence-electron chi connectivity index (χ2n) is 8.25. The summed E-state index contributed by atoms with van der Waals surface area (Å²) in [6.45, 7) is 4.95. The first-order chi connectivity index (χ1) is 14.7. The lowest BCUT2D eigenvalue weighted by Crippen LogP contribution is -2.53. The molecule has 1 unspecified atom stereocenters. The second-order valence-corrected chi connectivity index (χ2v) is 9.09. The van der Waals surface area contributed by atoms with E-state index in [1.165, 1.54) is 12.8 Å². The molecule has 2 aromatic carbocycles. The molecule has 2 fully saturated rings. The molecular weight excluding hydrogens is 417 g/mol. The Balaban J connectivity index is 1.35. The smallest absolute Gasteiger partial charge is 0.227 e. The first-order valence-electron chi connectivity index (χ1n) is 10.6. The third kappa shape index (κ3) is 4.07. The molecule has 3 aromatic rings. The largest absolute Gasteiger partial charge is 0.365 e. The van der Waals surface area contributed by atoms with E-state index in [9.17, 15) is 0 Å². The van der Waals surface area contributed by atoms with Crippen molar-refractivity contribution in [2.45, 2.75) is 19.4 Å². The predicted octanol–water partition coefficient (Wildman–Crippen LogP) is 4.98. The molecular formula is C23H25Cl2N5. The molecule has 2 saturated heterocycles. The molecule has 0 radical (unpaired) electrons. The number of hydrogen-bond acceptors (Lipinski definition) is 5. The Morgan fingerprint density at radius 1 is 1.07 bits per heavy atom. The van der Waals surface area contributed by atoms with Gasteiger partial charge in [0.25, 0.3) is 0 Å². The van der Waals surface area contributed by atoms with Crippen molar-refractivity contribution in [2.75, 3.05) is 36.4 Å². The summed E-state index contributed by atoms with van der Waals surface area (Å²) >= 11 is 12.4. The van der Waals surface area contributed by atoms with Crippen molar-refractivity contribution in [3.8, 4) is 0 Å². The highest BCUT2D eigenvalue weighted by atomic mass is 35.5. The molecule has 5 nitrogen and oxygen atoms in total. The van der Waals surface area contributed by atoms with Crippen LogP contribution in [-0.4, -0.2) is 36.1 Å². The minimum atomic E-state index is 0.576. The van der Waals surface area contributed by atoms with Gasteiger partial charge in [0.1, 0.15) is 5.82 Å². The Hall–Kier alpha value is -2.08. The summed E-state index contributed by atoms with van der Waals surface area (Å²) in [4.78, 5) is 12.0. The van der Waals surface area contributed by atoms with Crippen molar-refractivity contribution in [1.29, 1.82) is 0 Å². The molecule has 0 amide bonds. The predicted molar refractivity (Wildman–Crippen MR) is 125 cm³/mol. The first-order valence-corrected chi connectivity index (χ1v) is 11.3. The molecule has 3 heterocycles. The molecule has 0 aliphatic carbocycles. The molecule has 5 rings (SSSR count). The zero-order chi connectivity index (χ0) is 20.5. The number of hydrogen-bond donors (Lipinski definition) is 2. The van der Waals surface area contributed by atoms with E-state index in [2.05, 4.69) is 21.6 Å². The summed E-state index contributed by atoms with van der Waals surface area (Å²) in [5.41, 5.74) is 1.94. The number of halogens is 2. The zero-order valence-electron chi connectivity index (χ0n) is 16.7. The number of aromatic nitrogens is 2. The van der Waals surface area contributed by atoms with Crippen molar-refractivity contribution < 1.29 is 0 Å². The van der Waals surface area contributed by atoms with E-state index in [1.807, 2.05) is 30.3 Å². The van der Waals surface area contributed by atoms with Gasteiger partial charge in [-0.15, -0.1) is 0 Å². The van der Waals surface area contributed by atoms with Crippen LogP contribution < -0.4 is 15.5 Å². The van der Waals surface area contributed by atoms with Crippen LogP contribution in [0.25, 0.3) is 10.9 Å². The van der Waals surface area contributed by atoms with Gasteiger partial charge in [0, 0.05) is 35.1 Å². The first kappa shape index (κ1) is 19.9. The van der Waals surface area contributed by atoms with Gasteiger partial charge in [-0.1, -0.05) is 41.4 Å². The summed E-state index contributed by atoms with van der Waals surface area (Å²) in [5.74, 6) is 3.15. The Labute approximate surface area is 186 Å². The fraction of sp³-hybridized carbons (Fsp3) is 0.391. The summed E-state index contributed by atoms with van der Waals surface area (Å²) in [6.07, 6.45) is 2.62. The van der Waals surface area contributed by atoms with Gasteiger partial charge in [0.15, 0.2) is 0 Å². The van der Waals surface area contributed by atoms with E-state index in [1.54, 1.807) is 6.07 Å². The number of piperidine rings is 1. The van der Waals surface area contributed by atoms with Crippen LogP contribution in [0.1, 0.15) is 18.4 Å². The highest BCUT2D eigenvalue weighted by Gasteiger charge is 2.35. The lowest BCUT2D eigenvalue weighted by atomic mass is 9.81. The number of benzene rings is 2. The Morgan fingerprint density at radius 3 is 2.73 bits per heavy atom. The van der Waals surface area contributed by atoms with Gasteiger partial charge in [-0.25, -0.2) is 4.98 Å². The molecule has 0 spiro atoms. The summed E-state index contributed by atoms with van der Waals surface area (Å²) in [5, 5.41) is 9.31. The average Bonchev–Trinajstić information content (AvgIpc) is 2.73. The van der Waals surface area contributed by atoms with Gasteiger partial charge < -0.3 is 15.5 Å². The normalized spacial score (nSPS) is 19.7. The minimum Gasteiger partial charge on any atom is -0.365 e. The van der Waals surface area contributed by atoms with Crippen LogP contribution in [0.5, 0.6) is 0 Å². The van der Waals surface area contributed by atoms with Crippen molar-refractivity contribution in [3.05, 3.63) is 58.1 Å². The van der Waals surface area contributed by atoms with Crippen LogP contribution >= 0.6 is 23.2 Å². The van der Waals surface area contributed by atoms with E-state index in [0.29, 0.717) is 16.6 Å². The number of para-hydroxylation sites is 1. The molecule has 2 aliphatic heterocycles. The Morgan fingerprint density at radius 2 is 1.93 bits per heavy atom. The van der Waals surface area contributed by atoms with E-state index in [0.717, 1.165) is 66.2 Å². The van der Waals surface area contributed by atoms with Crippen LogP contribution in [0.3, 0.4) is 0 Å². The quantitative estimate of drug-likeness (QED) is 0.584. The summed E-state index contributed by atoms with van der Waals surface area (Å²) in [7, 11) is 0. The van der Waals surface area contributed by atoms with Crippen LogP contribution in [0.4, 0.5) is 11.8 Å². The number of fused-ring (bicyclic) bond motifs is 1. The Kier molecular flexibility index (Phi) is 5.68. The maximum absolute atomic E-state index is 6.35. The second kappa shape index (κ2) is 8.58. The van der Waals surface area contributed by atoms with Gasteiger partial charge in [0.05, 0.1) is 5.52 Å². The van der Waals surface area contributed by atoms with Crippen molar-refractivity contribution in [2.24, 2.45) is 11.8 Å². The van der Waals surface area contributed by atoms with Gasteiger partial charge >= 0.3 is 0 Å². The standard InChI is InChI=1S/C23H25Cl2N5/c24-18-8-7-16(20(25)10-18)12-27-22-19-5-1-2-6-21(19)28-23(29-22)30-13-17(14-30)15-4-3-9-26-11-15/h1-2,5-8,10,15,17,26H,3-4,9,11-14H2,(H,27,28,29). The Bertz CT molecular complexity index is 1040. The highest BCUT2D eigenvalue weighted by Crippen LogP contribution is 2.33. The fourth-order valence-corrected chi connectivity index (χ4v) is 4.92. The number of nitrogens with zero attached hydrogens (tertiary/aromatic N) is 3. The molecule has 2 aliphatic rings. The highest BCUT2D eigenvalue weighted by molar-refractivity contribution is 6.35. The van der Waals surface area contributed by atoms with Crippen molar-refractivity contribution in [3.63, 3.8) is 0 Å². The maximum atomic E-state index is 6.35. The molecule has 0 saturated carbocycles. The van der Waals surface area contributed by atoms with Crippen molar-refractivity contribution >= 4 is 45.9 Å². The van der Waals surface area contributed by atoms with Gasteiger partial charge in [0.2, 0.25) is 5.95 Å². The number of anilines is 2. The van der Waals surface area contributed by atoms with Crippen molar-refractivity contribution in [1.82, 2.24) is 15.3 Å². The summed E-state index contributed by atoms with van der Waals surface area (Å²) in [6, 6.07) is 13.7. The fourth-order valence-electron chi connectivity index (χ4n) is 4.44. The van der Waals surface area contributed by atoms with E-state index in [4.69, 9.17) is 33.2 Å². The van der Waals surface area contributed by atoms with Gasteiger partial charge in [-0.3, -0.25) is 0 Å². The van der Waals surface area contributed by atoms with E-state index >= 15 is 0 Å². The molecule has 2 N–H and O–H groups in total. The third-order valence-corrected chi connectivity index (χ3v) is 6.83. The molecule has 30 heavy (non-hydrogen) atoms. The topological polar surface area (TPSA) is 53.1 Å².